The molecular weight excluding hydrogens is 351 g/mol. The van der Waals surface area contributed by atoms with Gasteiger partial charge in [0.25, 0.3) is 0 Å². The second-order valence-corrected chi connectivity index (χ2v) is 7.74. The van der Waals surface area contributed by atoms with Gasteiger partial charge in [0.1, 0.15) is 18.9 Å². The number of nitrogens with zero attached hydrogens (tertiary/aromatic N) is 2. The maximum atomic E-state index is 14.7. The number of carbonyl (C=O) groups is 1. The van der Waals surface area contributed by atoms with E-state index in [0.29, 0.717) is 18.8 Å². The molecule has 0 radical (unpaired) electrons. The molecule has 1 saturated heterocycles. The predicted octanol–water partition coefficient (Wildman–Crippen LogP) is 0.277. The van der Waals surface area contributed by atoms with Gasteiger partial charge in [-0.15, -0.1) is 0 Å². The average molecular weight is 372 g/mol. The molecule has 1 aromatic rings. The molecule has 138 valence electrons. The molecule has 25 heavy (non-hydrogen) atoms. The van der Waals surface area contributed by atoms with Crippen LogP contribution >= 0.6 is 0 Å². The lowest BCUT2D eigenvalue weighted by Crippen LogP contribution is -2.48. The molecule has 1 aliphatic heterocycles. The van der Waals surface area contributed by atoms with Crippen molar-refractivity contribution in [3.63, 3.8) is 0 Å². The number of benzene rings is 1. The number of anilines is 1. The van der Waals surface area contributed by atoms with Crippen molar-refractivity contribution in [2.75, 3.05) is 37.3 Å². The van der Waals surface area contributed by atoms with Crippen LogP contribution in [0.25, 0.3) is 0 Å². The number of nitrogens with one attached hydrogen (secondary N) is 1. The molecule has 0 atom stereocenters. The number of nitrogens with two attached hydrogens (primary N) is 1. The summed E-state index contributed by atoms with van der Waals surface area (Å²) < 4.78 is 44.0. The van der Waals surface area contributed by atoms with Crippen LogP contribution in [0.4, 0.5) is 10.1 Å². The number of ether oxygens (including phenoxy) is 1. The minimum Gasteiger partial charge on any atom is -0.460 e. The normalized spacial score (nSPS) is 15.8. The molecule has 1 fully saturated rings. The summed E-state index contributed by atoms with van der Waals surface area (Å²) >= 11 is 0. The van der Waals surface area contributed by atoms with Gasteiger partial charge in [0.15, 0.2) is 5.82 Å². The van der Waals surface area contributed by atoms with Crippen LogP contribution in [0.15, 0.2) is 18.2 Å². The van der Waals surface area contributed by atoms with Crippen molar-refractivity contribution >= 4 is 27.5 Å². The smallest absolute Gasteiger partial charge is 0.313 e. The molecule has 0 aliphatic carbocycles. The molecule has 0 bridgehead atoms. The zero-order chi connectivity index (χ0) is 18.6. The van der Waals surface area contributed by atoms with Crippen molar-refractivity contribution in [2.45, 2.75) is 13.0 Å². The highest BCUT2D eigenvalue weighted by Gasteiger charge is 2.25. The highest BCUT2D eigenvalue weighted by Crippen LogP contribution is 2.24. The van der Waals surface area contributed by atoms with E-state index in [1.54, 1.807) is 17.0 Å². The van der Waals surface area contributed by atoms with Gasteiger partial charge in [-0.3, -0.25) is 10.2 Å². The molecule has 10 heteroatoms. The molecule has 2 rings (SSSR count). The van der Waals surface area contributed by atoms with E-state index in [2.05, 4.69) is 0 Å². The fraction of sp³-hybridized carbons (Fsp3) is 0.467. The minimum atomic E-state index is -3.25. The van der Waals surface area contributed by atoms with Crippen LogP contribution in [0.5, 0.6) is 0 Å². The van der Waals surface area contributed by atoms with Crippen LogP contribution < -0.4 is 10.6 Å². The lowest BCUT2D eigenvalue weighted by Gasteiger charge is -2.35. The minimum absolute atomic E-state index is 0.208. The fourth-order valence-corrected chi connectivity index (χ4v) is 3.37. The number of hydrogen-bond acceptors (Lipinski definition) is 6. The predicted molar refractivity (Wildman–Crippen MR) is 91.4 cm³/mol. The Hall–Kier alpha value is -2.20. The number of carbonyl (C=O) groups excluding carboxylic acids is 1. The standard InChI is InChI=1S/C15H21FN4O4S/c1-25(22,23)20-7-5-19(6-8-20)12-4-2-3-11(15(12)16)10-24-14(21)9-13(17)18/h2-4H,5-10H2,1H3,(H3,17,18). The van der Waals surface area contributed by atoms with Gasteiger partial charge in [-0.1, -0.05) is 12.1 Å². The molecule has 8 nitrogen and oxygen atoms in total. The largest absolute Gasteiger partial charge is 0.460 e. The summed E-state index contributed by atoms with van der Waals surface area (Å²) in [7, 11) is -3.25. The summed E-state index contributed by atoms with van der Waals surface area (Å²) in [5, 5.41) is 7.03. The Balaban J connectivity index is 2.04. The highest BCUT2D eigenvalue weighted by molar-refractivity contribution is 7.88. The lowest BCUT2D eigenvalue weighted by atomic mass is 10.1. The van der Waals surface area contributed by atoms with Gasteiger partial charge in [-0.2, -0.15) is 4.31 Å². The lowest BCUT2D eigenvalue weighted by molar-refractivity contribution is -0.143. The number of amidine groups is 1. The van der Waals surface area contributed by atoms with E-state index in [1.807, 2.05) is 0 Å². The van der Waals surface area contributed by atoms with Crippen molar-refractivity contribution in [1.82, 2.24) is 4.31 Å². The third-order valence-corrected chi connectivity index (χ3v) is 5.13. The Morgan fingerprint density at radius 3 is 2.52 bits per heavy atom. The van der Waals surface area contributed by atoms with E-state index in [0.717, 1.165) is 6.26 Å². The molecule has 0 saturated carbocycles. The Morgan fingerprint density at radius 2 is 1.96 bits per heavy atom. The first-order chi connectivity index (χ1) is 11.7. The van der Waals surface area contributed by atoms with Crippen molar-refractivity contribution in [3.8, 4) is 0 Å². The first-order valence-electron chi connectivity index (χ1n) is 7.64. The molecule has 1 aliphatic rings. The quantitative estimate of drug-likeness (QED) is 0.421. The van der Waals surface area contributed by atoms with E-state index >= 15 is 0 Å². The van der Waals surface area contributed by atoms with Gasteiger partial charge in [0.2, 0.25) is 10.0 Å². The Bertz CT molecular complexity index is 761. The molecular formula is C15H21FN4O4S. The SMILES string of the molecule is CS(=O)(=O)N1CCN(c2cccc(COC(=O)CC(=N)N)c2F)CC1. The fourth-order valence-electron chi connectivity index (χ4n) is 2.55. The van der Waals surface area contributed by atoms with E-state index in [9.17, 15) is 17.6 Å². The third-order valence-electron chi connectivity index (χ3n) is 3.83. The van der Waals surface area contributed by atoms with Gasteiger partial charge in [-0.25, -0.2) is 12.8 Å². The summed E-state index contributed by atoms with van der Waals surface area (Å²) in [6.07, 6.45) is 0.814. The summed E-state index contributed by atoms with van der Waals surface area (Å²) in [5.41, 5.74) is 5.66. The van der Waals surface area contributed by atoms with Gasteiger partial charge in [0, 0.05) is 31.7 Å². The monoisotopic (exact) mass is 372 g/mol. The molecule has 3 N–H and O–H groups in total. The van der Waals surface area contributed by atoms with Crippen LogP contribution in [0.3, 0.4) is 0 Å². The first-order valence-corrected chi connectivity index (χ1v) is 9.49. The van der Waals surface area contributed by atoms with Crippen LogP contribution in [-0.4, -0.2) is 57.0 Å². The van der Waals surface area contributed by atoms with E-state index in [-0.39, 0.29) is 37.5 Å². The van der Waals surface area contributed by atoms with Crippen molar-refractivity contribution in [1.29, 1.82) is 5.41 Å². The topological polar surface area (TPSA) is 117 Å². The second-order valence-electron chi connectivity index (χ2n) is 5.76. The van der Waals surface area contributed by atoms with Crippen LogP contribution in [0.1, 0.15) is 12.0 Å². The summed E-state index contributed by atoms with van der Waals surface area (Å²) in [5.74, 6) is -1.52. The molecule has 0 spiro atoms. The number of esters is 1. The summed E-state index contributed by atoms with van der Waals surface area (Å²) in [6.45, 7) is 1.07. The molecule has 0 amide bonds. The molecule has 1 aromatic carbocycles. The number of halogens is 1. The van der Waals surface area contributed by atoms with Crippen LogP contribution in [-0.2, 0) is 26.2 Å². The van der Waals surface area contributed by atoms with Crippen LogP contribution in [0, 0.1) is 11.2 Å². The first kappa shape index (κ1) is 19.1. The summed E-state index contributed by atoms with van der Waals surface area (Å²) in [4.78, 5) is 13.2. The van der Waals surface area contributed by atoms with Gasteiger partial charge in [-0.05, 0) is 6.07 Å². The van der Waals surface area contributed by atoms with Crippen LogP contribution in [0.2, 0.25) is 0 Å². The number of sulfonamides is 1. The average Bonchev–Trinajstić information content (AvgIpc) is 2.52. The number of hydrogen-bond donors (Lipinski definition) is 2. The van der Waals surface area contributed by atoms with Gasteiger partial charge >= 0.3 is 5.97 Å². The zero-order valence-corrected chi connectivity index (χ0v) is 14.7. The maximum absolute atomic E-state index is 14.7. The molecule has 0 aromatic heterocycles. The Labute approximate surface area is 145 Å². The van der Waals surface area contributed by atoms with E-state index in [1.165, 1.54) is 10.4 Å². The summed E-state index contributed by atoms with van der Waals surface area (Å²) in [6, 6.07) is 4.76. The Morgan fingerprint density at radius 1 is 1.32 bits per heavy atom. The van der Waals surface area contributed by atoms with E-state index in [4.69, 9.17) is 15.9 Å². The van der Waals surface area contributed by atoms with Gasteiger partial charge in [0.05, 0.1) is 11.9 Å². The van der Waals surface area contributed by atoms with E-state index < -0.39 is 21.8 Å². The Kier molecular flexibility index (Phi) is 5.96. The number of rotatable bonds is 6. The maximum Gasteiger partial charge on any atom is 0.313 e. The highest BCUT2D eigenvalue weighted by atomic mass is 32.2. The van der Waals surface area contributed by atoms with Crippen molar-refractivity contribution in [2.24, 2.45) is 5.73 Å². The number of piperazine rings is 1. The van der Waals surface area contributed by atoms with Crippen molar-refractivity contribution in [3.05, 3.63) is 29.6 Å². The third kappa shape index (κ3) is 5.13. The van der Waals surface area contributed by atoms with Gasteiger partial charge < -0.3 is 15.4 Å². The van der Waals surface area contributed by atoms with Crippen molar-refractivity contribution < 1.29 is 22.3 Å². The zero-order valence-electron chi connectivity index (χ0n) is 13.9. The second kappa shape index (κ2) is 7.79. The molecule has 1 heterocycles. The molecule has 0 unspecified atom stereocenters.